The van der Waals surface area contributed by atoms with Gasteiger partial charge in [0, 0.05) is 33.4 Å². The highest BCUT2D eigenvalue weighted by Crippen LogP contribution is 2.35. The topological polar surface area (TPSA) is 48.0 Å². The van der Waals surface area contributed by atoms with Crippen LogP contribution in [-0.2, 0) is 19.4 Å². The molecule has 0 radical (unpaired) electrons. The third-order valence-corrected chi connectivity index (χ3v) is 6.38. The first-order valence-electron chi connectivity index (χ1n) is 9.83. The van der Waals surface area contributed by atoms with Gasteiger partial charge in [-0.1, -0.05) is 49.6 Å². The molecule has 0 fully saturated rings. The van der Waals surface area contributed by atoms with Crippen LogP contribution in [0.2, 0.25) is 5.02 Å². The number of halogens is 1. The zero-order valence-corrected chi connectivity index (χ0v) is 18.1. The highest BCUT2D eigenvalue weighted by atomic mass is 35.5. The van der Waals surface area contributed by atoms with E-state index in [1.54, 1.807) is 11.3 Å². The lowest BCUT2D eigenvalue weighted by Gasteiger charge is -2.13. The van der Waals surface area contributed by atoms with Gasteiger partial charge in [0.1, 0.15) is 0 Å². The predicted octanol–water partition coefficient (Wildman–Crippen LogP) is 6.25. The van der Waals surface area contributed by atoms with Crippen LogP contribution in [0, 0.1) is 6.92 Å². The lowest BCUT2D eigenvalue weighted by Crippen LogP contribution is -2.13. The van der Waals surface area contributed by atoms with Crippen molar-refractivity contribution < 1.29 is 4.79 Å². The van der Waals surface area contributed by atoms with Gasteiger partial charge in [0.05, 0.1) is 5.56 Å². The summed E-state index contributed by atoms with van der Waals surface area (Å²) in [6.07, 6.45) is 5.31. The van der Waals surface area contributed by atoms with Crippen LogP contribution >= 0.6 is 22.9 Å². The lowest BCUT2D eigenvalue weighted by atomic mass is 9.97. The van der Waals surface area contributed by atoms with Gasteiger partial charge in [-0.15, -0.1) is 11.3 Å². The van der Waals surface area contributed by atoms with Gasteiger partial charge in [0.15, 0.2) is 0 Å². The second-order valence-corrected chi connectivity index (χ2v) is 8.56. The Morgan fingerprint density at radius 2 is 1.89 bits per heavy atom. The predicted molar refractivity (Wildman–Crippen MR) is 119 cm³/mol. The van der Waals surface area contributed by atoms with Crippen molar-refractivity contribution in [3.8, 4) is 11.1 Å². The normalized spacial score (nSPS) is 11.1. The zero-order chi connectivity index (χ0) is 20.1. The molecule has 2 N–H and O–H groups in total. The molecule has 3 rings (SSSR count). The number of thiophene rings is 1. The van der Waals surface area contributed by atoms with Crippen LogP contribution in [0.4, 0.5) is 0 Å². The lowest BCUT2D eigenvalue weighted by molar-refractivity contribution is 0.1000. The molecule has 3 nitrogen and oxygen atoms in total. The second-order valence-electron chi connectivity index (χ2n) is 7.09. The van der Waals surface area contributed by atoms with Gasteiger partial charge in [-0.2, -0.15) is 0 Å². The fourth-order valence-electron chi connectivity index (χ4n) is 3.81. The third-order valence-electron chi connectivity index (χ3n) is 5.19. The third kappa shape index (κ3) is 4.50. The number of aromatic nitrogens is 1. The first-order chi connectivity index (χ1) is 13.5. The van der Waals surface area contributed by atoms with Crippen LogP contribution in [0.3, 0.4) is 0 Å². The van der Waals surface area contributed by atoms with E-state index in [-0.39, 0.29) is 5.91 Å². The number of nitrogens with zero attached hydrogens (tertiary/aromatic N) is 1. The summed E-state index contributed by atoms with van der Waals surface area (Å²) >= 11 is 7.86. The van der Waals surface area contributed by atoms with Crippen LogP contribution in [0.1, 0.15) is 52.8 Å². The second kappa shape index (κ2) is 9.44. The van der Waals surface area contributed by atoms with E-state index in [9.17, 15) is 4.79 Å². The van der Waals surface area contributed by atoms with E-state index in [1.165, 1.54) is 17.0 Å². The molecule has 0 aliphatic carbocycles. The minimum atomic E-state index is -0.367. The Morgan fingerprint density at radius 1 is 1.14 bits per heavy atom. The highest BCUT2D eigenvalue weighted by Gasteiger charge is 2.24. The highest BCUT2D eigenvalue weighted by molar-refractivity contribution is 7.09. The molecule has 28 heavy (non-hydrogen) atoms. The maximum atomic E-state index is 12.4. The molecular formula is C23H27ClN2OS. The minimum Gasteiger partial charge on any atom is -0.366 e. The Balaban J connectivity index is 2.09. The Bertz CT molecular complexity index is 927. The van der Waals surface area contributed by atoms with Crippen molar-refractivity contribution >= 4 is 28.8 Å². The van der Waals surface area contributed by atoms with Crippen LogP contribution in [0.5, 0.6) is 0 Å². The number of primary amides is 1. The molecule has 0 bridgehead atoms. The molecule has 5 heteroatoms. The Morgan fingerprint density at radius 3 is 2.50 bits per heavy atom. The summed E-state index contributed by atoms with van der Waals surface area (Å²) in [7, 11) is 0. The Kier molecular flexibility index (Phi) is 6.97. The fourth-order valence-corrected chi connectivity index (χ4v) is 4.63. The van der Waals surface area contributed by atoms with E-state index in [0.717, 1.165) is 49.0 Å². The van der Waals surface area contributed by atoms with Crippen LogP contribution in [0.15, 0.2) is 41.8 Å². The van der Waals surface area contributed by atoms with Crippen molar-refractivity contribution in [3.05, 3.63) is 68.6 Å². The molecule has 2 aromatic heterocycles. The molecule has 1 amide bonds. The monoisotopic (exact) mass is 414 g/mol. The average Bonchev–Trinajstić information content (AvgIpc) is 3.27. The number of aryl methyl sites for hydroxylation is 1. The summed E-state index contributed by atoms with van der Waals surface area (Å²) in [5.41, 5.74) is 10.6. The molecule has 0 spiro atoms. The molecule has 148 valence electrons. The van der Waals surface area contributed by atoms with Gasteiger partial charge >= 0.3 is 0 Å². The van der Waals surface area contributed by atoms with Gasteiger partial charge in [0.25, 0.3) is 5.91 Å². The molecule has 0 aliphatic rings. The molecule has 1 aromatic carbocycles. The van der Waals surface area contributed by atoms with E-state index in [1.807, 2.05) is 31.2 Å². The Hall–Kier alpha value is -2.04. The zero-order valence-electron chi connectivity index (χ0n) is 16.5. The van der Waals surface area contributed by atoms with Crippen molar-refractivity contribution in [3.63, 3.8) is 0 Å². The van der Waals surface area contributed by atoms with Crippen LogP contribution < -0.4 is 5.73 Å². The van der Waals surface area contributed by atoms with Gasteiger partial charge in [0.2, 0.25) is 0 Å². The number of rotatable bonds is 9. The summed E-state index contributed by atoms with van der Waals surface area (Å²) in [5, 5.41) is 2.79. The summed E-state index contributed by atoms with van der Waals surface area (Å²) < 4.78 is 2.30. The summed E-state index contributed by atoms with van der Waals surface area (Å²) in [6.45, 7) is 5.06. The van der Waals surface area contributed by atoms with Crippen molar-refractivity contribution in [2.45, 2.75) is 52.5 Å². The average molecular weight is 415 g/mol. The van der Waals surface area contributed by atoms with Gasteiger partial charge in [-0.3, -0.25) is 4.79 Å². The van der Waals surface area contributed by atoms with Crippen LogP contribution in [-0.4, -0.2) is 10.5 Å². The number of hydrogen-bond acceptors (Lipinski definition) is 2. The molecule has 0 atom stereocenters. The quantitative estimate of drug-likeness (QED) is 0.413. The maximum absolute atomic E-state index is 12.4. The number of nitrogens with two attached hydrogens (primary N) is 1. The fraction of sp³-hybridized carbons (Fsp3) is 0.348. The number of benzene rings is 1. The van der Waals surface area contributed by atoms with E-state index < -0.39 is 0 Å². The SMILES string of the molecule is CCCCCc1c(-c2ccc(Cl)cc2)c(C(N)=O)c(C)n1CCc1cccs1. The molecule has 0 saturated heterocycles. The maximum Gasteiger partial charge on any atom is 0.251 e. The van der Waals surface area contributed by atoms with E-state index in [0.29, 0.717) is 10.6 Å². The van der Waals surface area contributed by atoms with E-state index in [4.69, 9.17) is 17.3 Å². The van der Waals surface area contributed by atoms with Crippen LogP contribution in [0.25, 0.3) is 11.1 Å². The first-order valence-corrected chi connectivity index (χ1v) is 11.1. The number of carbonyl (C=O) groups is 1. The van der Waals surface area contributed by atoms with Gasteiger partial charge in [-0.25, -0.2) is 0 Å². The van der Waals surface area contributed by atoms with Crippen molar-refractivity contribution in [2.75, 3.05) is 0 Å². The van der Waals surface area contributed by atoms with Crippen molar-refractivity contribution in [1.82, 2.24) is 4.57 Å². The smallest absolute Gasteiger partial charge is 0.251 e. The van der Waals surface area contributed by atoms with Crippen molar-refractivity contribution in [2.24, 2.45) is 5.73 Å². The minimum absolute atomic E-state index is 0.367. The van der Waals surface area contributed by atoms with E-state index >= 15 is 0 Å². The largest absolute Gasteiger partial charge is 0.366 e. The number of hydrogen-bond donors (Lipinski definition) is 1. The Labute approximate surface area is 176 Å². The summed E-state index contributed by atoms with van der Waals surface area (Å²) in [6, 6.07) is 12.0. The standard InChI is InChI=1S/C23H27ClN2OS/c1-3-4-5-8-20-22(17-9-11-18(24)12-10-17)21(23(25)27)16(2)26(20)14-13-19-7-6-15-28-19/h6-7,9-12,15H,3-5,8,13-14H2,1-2H3,(H2,25,27). The molecule has 0 unspecified atom stereocenters. The van der Waals surface area contributed by atoms with Gasteiger partial charge < -0.3 is 10.3 Å². The number of unbranched alkanes of at least 4 members (excludes halogenated alkanes) is 2. The first kappa shape index (κ1) is 20.7. The molecule has 0 saturated carbocycles. The molecular weight excluding hydrogens is 388 g/mol. The molecule has 0 aliphatic heterocycles. The number of amides is 1. The van der Waals surface area contributed by atoms with Gasteiger partial charge in [-0.05, 0) is 55.3 Å². The summed E-state index contributed by atoms with van der Waals surface area (Å²) in [4.78, 5) is 13.7. The molecule has 2 heterocycles. The summed E-state index contributed by atoms with van der Waals surface area (Å²) in [5.74, 6) is -0.367. The van der Waals surface area contributed by atoms with Crippen molar-refractivity contribution in [1.29, 1.82) is 0 Å². The van der Waals surface area contributed by atoms with E-state index in [2.05, 4.69) is 29.0 Å². The molecule has 3 aromatic rings. The number of carbonyl (C=O) groups excluding carboxylic acids is 1.